The molecule has 2 aromatic rings. The SMILES string of the molecule is CCNC(=NCc1c(CC)noc1CC)NCC(C)N1CCc2sccc2C1. The lowest BCUT2D eigenvalue weighted by Crippen LogP contribution is -2.47. The van der Waals surface area contributed by atoms with E-state index in [0.717, 1.165) is 62.0 Å². The van der Waals surface area contributed by atoms with Gasteiger partial charge in [-0.25, -0.2) is 4.99 Å². The van der Waals surface area contributed by atoms with E-state index in [-0.39, 0.29) is 0 Å². The monoisotopic (exact) mass is 403 g/mol. The lowest BCUT2D eigenvalue weighted by atomic mass is 10.1. The number of aliphatic imine (C=N–C) groups is 1. The Hall–Kier alpha value is -1.86. The van der Waals surface area contributed by atoms with Crippen molar-refractivity contribution in [1.29, 1.82) is 0 Å². The zero-order valence-corrected chi connectivity index (χ0v) is 18.4. The molecule has 0 aliphatic carbocycles. The smallest absolute Gasteiger partial charge is 0.191 e. The van der Waals surface area contributed by atoms with Crippen LogP contribution in [-0.4, -0.2) is 41.7 Å². The number of aromatic nitrogens is 1. The molecule has 154 valence electrons. The largest absolute Gasteiger partial charge is 0.361 e. The molecule has 1 unspecified atom stereocenters. The quantitative estimate of drug-likeness (QED) is 0.523. The summed E-state index contributed by atoms with van der Waals surface area (Å²) in [6.45, 7) is 13.1. The first-order valence-electron chi connectivity index (χ1n) is 10.4. The Morgan fingerprint density at radius 3 is 2.93 bits per heavy atom. The summed E-state index contributed by atoms with van der Waals surface area (Å²) < 4.78 is 5.46. The summed E-state index contributed by atoms with van der Waals surface area (Å²) in [4.78, 5) is 8.90. The van der Waals surface area contributed by atoms with Crippen LogP contribution in [0.5, 0.6) is 0 Å². The van der Waals surface area contributed by atoms with E-state index < -0.39 is 0 Å². The van der Waals surface area contributed by atoms with Crippen LogP contribution >= 0.6 is 11.3 Å². The number of hydrogen-bond donors (Lipinski definition) is 2. The molecule has 3 rings (SSSR count). The Balaban J connectivity index is 1.58. The molecule has 2 aromatic heterocycles. The number of hydrogen-bond acceptors (Lipinski definition) is 5. The van der Waals surface area contributed by atoms with Crippen molar-refractivity contribution in [3.05, 3.63) is 38.9 Å². The highest BCUT2D eigenvalue weighted by Crippen LogP contribution is 2.25. The first-order valence-corrected chi connectivity index (χ1v) is 11.3. The lowest BCUT2D eigenvalue weighted by Gasteiger charge is -2.32. The van der Waals surface area contributed by atoms with Gasteiger partial charge in [0.15, 0.2) is 5.96 Å². The number of nitrogens with one attached hydrogen (secondary N) is 2. The second kappa shape index (κ2) is 10.1. The number of thiophene rings is 1. The number of fused-ring (bicyclic) bond motifs is 1. The lowest BCUT2D eigenvalue weighted by molar-refractivity contribution is 0.192. The molecule has 0 fully saturated rings. The zero-order chi connectivity index (χ0) is 19.9. The molecule has 7 heteroatoms. The van der Waals surface area contributed by atoms with Crippen LogP contribution in [0.3, 0.4) is 0 Å². The average Bonchev–Trinajstić information content (AvgIpc) is 3.35. The van der Waals surface area contributed by atoms with E-state index in [9.17, 15) is 0 Å². The molecule has 0 spiro atoms. The zero-order valence-electron chi connectivity index (χ0n) is 17.5. The van der Waals surface area contributed by atoms with Gasteiger partial charge in [-0.05, 0) is 43.7 Å². The second-order valence-corrected chi connectivity index (χ2v) is 8.25. The fraction of sp³-hybridized carbons (Fsp3) is 0.619. The summed E-state index contributed by atoms with van der Waals surface area (Å²) in [5.74, 6) is 1.80. The maximum absolute atomic E-state index is 5.46. The maximum Gasteiger partial charge on any atom is 0.191 e. The van der Waals surface area contributed by atoms with Crippen molar-refractivity contribution in [1.82, 2.24) is 20.7 Å². The van der Waals surface area contributed by atoms with Gasteiger partial charge in [0.25, 0.3) is 0 Å². The van der Waals surface area contributed by atoms with E-state index in [4.69, 9.17) is 9.52 Å². The van der Waals surface area contributed by atoms with E-state index in [1.807, 2.05) is 11.3 Å². The van der Waals surface area contributed by atoms with Crippen molar-refractivity contribution in [2.45, 2.75) is 66.1 Å². The Morgan fingerprint density at radius 2 is 2.18 bits per heavy atom. The highest BCUT2D eigenvalue weighted by molar-refractivity contribution is 7.10. The van der Waals surface area contributed by atoms with Gasteiger partial charge in [-0.2, -0.15) is 0 Å². The van der Waals surface area contributed by atoms with Crippen molar-refractivity contribution in [3.63, 3.8) is 0 Å². The fourth-order valence-electron chi connectivity index (χ4n) is 3.64. The van der Waals surface area contributed by atoms with Crippen LogP contribution in [-0.2, 0) is 32.4 Å². The fourth-order valence-corrected chi connectivity index (χ4v) is 4.53. The average molecular weight is 404 g/mol. The third-order valence-corrected chi connectivity index (χ3v) is 6.39. The van der Waals surface area contributed by atoms with Crippen molar-refractivity contribution in [2.75, 3.05) is 19.6 Å². The molecular formula is C21H33N5OS. The van der Waals surface area contributed by atoms with Crippen LogP contribution in [0.25, 0.3) is 0 Å². The Labute approximate surface area is 172 Å². The molecule has 28 heavy (non-hydrogen) atoms. The van der Waals surface area contributed by atoms with Crippen molar-refractivity contribution < 1.29 is 4.52 Å². The van der Waals surface area contributed by atoms with E-state index >= 15 is 0 Å². The normalized spacial score (nSPS) is 16.1. The van der Waals surface area contributed by atoms with Crippen LogP contribution in [0.1, 0.15) is 55.2 Å². The summed E-state index contributed by atoms with van der Waals surface area (Å²) in [6, 6.07) is 2.72. The van der Waals surface area contributed by atoms with E-state index in [0.29, 0.717) is 12.6 Å². The first-order chi connectivity index (χ1) is 13.7. The van der Waals surface area contributed by atoms with Gasteiger partial charge < -0.3 is 15.2 Å². The number of aryl methyl sites for hydroxylation is 2. The molecule has 0 amide bonds. The molecule has 1 aliphatic rings. The van der Waals surface area contributed by atoms with Gasteiger partial charge in [-0.1, -0.05) is 19.0 Å². The van der Waals surface area contributed by atoms with Crippen molar-refractivity contribution in [2.24, 2.45) is 4.99 Å². The van der Waals surface area contributed by atoms with Gasteiger partial charge in [0, 0.05) is 49.1 Å². The minimum Gasteiger partial charge on any atom is -0.361 e. The molecule has 0 bridgehead atoms. The third-order valence-electron chi connectivity index (χ3n) is 5.37. The van der Waals surface area contributed by atoms with Crippen molar-refractivity contribution in [3.8, 4) is 0 Å². The predicted octanol–water partition coefficient (Wildman–Crippen LogP) is 3.36. The minimum atomic E-state index is 0.449. The maximum atomic E-state index is 5.46. The van der Waals surface area contributed by atoms with Gasteiger partial charge in [0.05, 0.1) is 12.2 Å². The van der Waals surface area contributed by atoms with Gasteiger partial charge >= 0.3 is 0 Å². The third kappa shape index (κ3) is 4.94. The number of rotatable bonds is 8. The summed E-state index contributed by atoms with van der Waals surface area (Å²) in [5, 5.41) is 13.3. The van der Waals surface area contributed by atoms with Crippen LogP contribution in [0.15, 0.2) is 21.0 Å². The van der Waals surface area contributed by atoms with Crippen molar-refractivity contribution >= 4 is 17.3 Å². The number of nitrogens with zero attached hydrogens (tertiary/aromatic N) is 3. The molecular weight excluding hydrogens is 370 g/mol. The summed E-state index contributed by atoms with van der Waals surface area (Å²) >= 11 is 1.89. The van der Waals surface area contributed by atoms with Gasteiger partial charge in [-0.15, -0.1) is 11.3 Å². The summed E-state index contributed by atoms with van der Waals surface area (Å²) in [5.41, 5.74) is 3.65. The van der Waals surface area contributed by atoms with E-state index in [1.165, 1.54) is 12.0 Å². The molecule has 0 radical (unpaired) electrons. The molecule has 1 aliphatic heterocycles. The van der Waals surface area contributed by atoms with Gasteiger partial charge in [-0.3, -0.25) is 4.90 Å². The number of guanidine groups is 1. The molecule has 1 atom stereocenters. The predicted molar refractivity (Wildman–Crippen MR) is 116 cm³/mol. The molecule has 6 nitrogen and oxygen atoms in total. The van der Waals surface area contributed by atoms with Crippen LogP contribution in [0.2, 0.25) is 0 Å². The Kier molecular flexibility index (Phi) is 7.50. The second-order valence-electron chi connectivity index (χ2n) is 7.25. The highest BCUT2D eigenvalue weighted by Gasteiger charge is 2.21. The molecule has 3 heterocycles. The van der Waals surface area contributed by atoms with Crippen LogP contribution < -0.4 is 10.6 Å². The summed E-state index contributed by atoms with van der Waals surface area (Å²) in [6.07, 6.45) is 2.88. The minimum absolute atomic E-state index is 0.449. The standard InChI is InChI=1S/C21H33N5OS/c1-5-18-17(19(6-2)27-25-18)13-24-21(22-7-3)23-12-15(4)26-10-8-20-16(14-26)9-11-28-20/h9,11,15H,5-8,10,12-14H2,1-4H3,(H2,22,23,24). The Bertz CT molecular complexity index is 760. The molecule has 0 saturated carbocycles. The van der Waals surface area contributed by atoms with Crippen LogP contribution in [0.4, 0.5) is 0 Å². The van der Waals surface area contributed by atoms with E-state index in [2.05, 4.69) is 59.8 Å². The Morgan fingerprint density at radius 1 is 1.32 bits per heavy atom. The van der Waals surface area contributed by atoms with E-state index in [1.54, 1.807) is 4.88 Å². The summed E-state index contributed by atoms with van der Waals surface area (Å²) in [7, 11) is 0. The van der Waals surface area contributed by atoms with Crippen LogP contribution in [0, 0.1) is 0 Å². The van der Waals surface area contributed by atoms with Gasteiger partial charge in [0.2, 0.25) is 0 Å². The molecule has 2 N–H and O–H groups in total. The van der Waals surface area contributed by atoms with Gasteiger partial charge in [0.1, 0.15) is 5.76 Å². The molecule has 0 saturated heterocycles. The topological polar surface area (TPSA) is 65.7 Å². The first kappa shape index (κ1) is 20.9. The highest BCUT2D eigenvalue weighted by atomic mass is 32.1. The molecule has 0 aromatic carbocycles.